The van der Waals surface area contributed by atoms with Gasteiger partial charge in [0.25, 0.3) is 0 Å². The first-order chi connectivity index (χ1) is 18.9. The quantitative estimate of drug-likeness (QED) is 0.150. The molecule has 3 N–H and O–H groups in total. The van der Waals surface area contributed by atoms with Gasteiger partial charge >= 0.3 is 0 Å². The summed E-state index contributed by atoms with van der Waals surface area (Å²) in [4.78, 5) is 0. The van der Waals surface area contributed by atoms with Crippen molar-refractivity contribution in [1.29, 1.82) is 0 Å². The van der Waals surface area contributed by atoms with Gasteiger partial charge in [-0.1, -0.05) is 72.8 Å². The van der Waals surface area contributed by atoms with Crippen molar-refractivity contribution in [2.24, 2.45) is 0 Å². The van der Waals surface area contributed by atoms with E-state index < -0.39 is 0 Å². The van der Waals surface area contributed by atoms with Crippen LogP contribution in [0.25, 0.3) is 0 Å². The van der Waals surface area contributed by atoms with Gasteiger partial charge in [-0.15, -0.1) is 0 Å². The minimum Gasteiger partial charge on any atom is -0.384 e. The second-order valence-corrected chi connectivity index (χ2v) is 10.4. The predicted molar refractivity (Wildman–Crippen MR) is 171 cm³/mol. The molecule has 0 aliphatic carbocycles. The van der Waals surface area contributed by atoms with E-state index in [1.807, 2.05) is 0 Å². The van der Waals surface area contributed by atoms with Crippen LogP contribution in [0.3, 0.4) is 0 Å². The fraction of sp³-hybridized carbons (Fsp3) is 0.333. The monoisotopic (exact) mass is 611 g/mol. The summed E-state index contributed by atoms with van der Waals surface area (Å²) in [6.07, 6.45) is 2.26. The van der Waals surface area contributed by atoms with E-state index in [0.29, 0.717) is 0 Å². The smallest absolute Gasteiger partial charge is 0.0373 e. The zero-order valence-electron chi connectivity index (χ0n) is 25.3. The summed E-state index contributed by atoms with van der Waals surface area (Å²) in [7, 11) is 0. The van der Waals surface area contributed by atoms with Gasteiger partial charge in [-0.25, -0.2) is 0 Å². The molecule has 0 heterocycles. The first-order valence-corrected chi connectivity index (χ1v) is 14.3. The SMILES string of the molecule is Cc1ccc(NCCNCCNc2ccc(C)c(C)c2C)c(C)c1C.[Zr].c1ccc(CCc2ccccc2)cc1. The molecule has 4 aromatic carbocycles. The molecular weight excluding hydrogens is 566 g/mol. The van der Waals surface area contributed by atoms with Crippen LogP contribution in [0, 0.1) is 41.5 Å². The third-order valence-electron chi connectivity index (χ3n) is 7.74. The van der Waals surface area contributed by atoms with E-state index in [1.165, 1.54) is 55.9 Å². The van der Waals surface area contributed by atoms with Crippen molar-refractivity contribution in [3.63, 3.8) is 0 Å². The Morgan fingerprint density at radius 3 is 1.18 bits per heavy atom. The molecule has 0 bridgehead atoms. The second kappa shape index (κ2) is 17.9. The van der Waals surface area contributed by atoms with Crippen LogP contribution in [-0.4, -0.2) is 26.2 Å². The summed E-state index contributed by atoms with van der Waals surface area (Å²) in [6.45, 7) is 16.9. The molecule has 4 aromatic rings. The maximum absolute atomic E-state index is 3.53. The summed E-state index contributed by atoms with van der Waals surface area (Å²) < 4.78 is 0. The Morgan fingerprint density at radius 1 is 0.425 bits per heavy atom. The van der Waals surface area contributed by atoms with Gasteiger partial charge in [0.2, 0.25) is 0 Å². The molecule has 210 valence electrons. The molecule has 0 aliphatic rings. The predicted octanol–water partition coefficient (Wildman–Crippen LogP) is 8.12. The van der Waals surface area contributed by atoms with Crippen molar-refractivity contribution in [3.05, 3.63) is 129 Å². The first-order valence-electron chi connectivity index (χ1n) is 14.3. The fourth-order valence-corrected chi connectivity index (χ4v) is 4.57. The summed E-state index contributed by atoms with van der Waals surface area (Å²) in [6, 6.07) is 30.0. The third-order valence-corrected chi connectivity index (χ3v) is 7.74. The minimum atomic E-state index is 0. The van der Waals surface area contributed by atoms with Gasteiger partial charge < -0.3 is 16.0 Å². The molecule has 4 rings (SSSR count). The molecule has 0 amide bonds. The number of anilines is 2. The Labute approximate surface area is 262 Å². The van der Waals surface area contributed by atoms with Gasteiger partial charge in [0.1, 0.15) is 0 Å². The first kappa shape index (κ1) is 33.5. The Hall–Kier alpha value is -2.68. The van der Waals surface area contributed by atoms with Gasteiger partial charge in [-0.2, -0.15) is 0 Å². The Morgan fingerprint density at radius 2 is 0.800 bits per heavy atom. The molecule has 3 nitrogen and oxygen atoms in total. The molecule has 0 unspecified atom stereocenters. The Bertz CT molecular complexity index is 1190. The number of hydrogen-bond acceptors (Lipinski definition) is 3. The minimum absolute atomic E-state index is 0. The summed E-state index contributed by atoms with van der Waals surface area (Å²) in [5, 5.41) is 10.6. The summed E-state index contributed by atoms with van der Waals surface area (Å²) in [5.74, 6) is 0. The molecule has 0 radical (unpaired) electrons. The largest absolute Gasteiger partial charge is 0.384 e. The van der Waals surface area contributed by atoms with Crippen molar-refractivity contribution in [2.45, 2.75) is 54.4 Å². The van der Waals surface area contributed by atoms with Crippen molar-refractivity contribution in [3.8, 4) is 0 Å². The molecule has 0 spiro atoms. The maximum atomic E-state index is 3.53. The topological polar surface area (TPSA) is 36.1 Å². The van der Waals surface area contributed by atoms with Crippen molar-refractivity contribution in [2.75, 3.05) is 36.8 Å². The Balaban J connectivity index is 0.000000316. The van der Waals surface area contributed by atoms with Crippen LogP contribution in [0.1, 0.15) is 44.5 Å². The van der Waals surface area contributed by atoms with Gasteiger partial charge in [0.15, 0.2) is 0 Å². The van der Waals surface area contributed by atoms with Gasteiger partial charge in [0, 0.05) is 63.8 Å². The number of benzene rings is 4. The fourth-order valence-electron chi connectivity index (χ4n) is 4.57. The third kappa shape index (κ3) is 10.7. The van der Waals surface area contributed by atoms with Gasteiger partial charge in [-0.05, 0) is 111 Å². The van der Waals surface area contributed by atoms with E-state index >= 15 is 0 Å². The molecule has 0 fully saturated rings. The normalized spacial score (nSPS) is 10.2. The van der Waals surface area contributed by atoms with Crippen LogP contribution in [-0.2, 0) is 39.0 Å². The van der Waals surface area contributed by atoms with Crippen LogP contribution in [0.2, 0.25) is 0 Å². The average Bonchev–Trinajstić information content (AvgIpc) is 2.96. The number of aryl methyl sites for hydroxylation is 4. The van der Waals surface area contributed by atoms with Gasteiger partial charge in [-0.3, -0.25) is 0 Å². The number of rotatable bonds is 11. The van der Waals surface area contributed by atoms with Crippen LogP contribution >= 0.6 is 0 Å². The molecular formula is C36H47N3Zr. The van der Waals surface area contributed by atoms with Gasteiger partial charge in [0.05, 0.1) is 0 Å². The Kier molecular flexibility index (Phi) is 15.0. The molecule has 0 atom stereocenters. The zero-order chi connectivity index (χ0) is 28.0. The average molecular weight is 613 g/mol. The van der Waals surface area contributed by atoms with Crippen LogP contribution in [0.15, 0.2) is 84.9 Å². The molecule has 0 aromatic heterocycles. The van der Waals surface area contributed by atoms with Crippen molar-refractivity contribution in [1.82, 2.24) is 5.32 Å². The second-order valence-electron chi connectivity index (χ2n) is 10.4. The number of nitrogens with one attached hydrogen (secondary N) is 3. The van der Waals surface area contributed by atoms with E-state index in [0.717, 1.165) is 39.0 Å². The van der Waals surface area contributed by atoms with Crippen LogP contribution in [0.5, 0.6) is 0 Å². The van der Waals surface area contributed by atoms with E-state index in [2.05, 4.69) is 142 Å². The number of hydrogen-bond donors (Lipinski definition) is 3. The van der Waals surface area contributed by atoms with Crippen molar-refractivity contribution < 1.29 is 26.2 Å². The maximum Gasteiger partial charge on any atom is 0.0373 e. The summed E-state index contributed by atoms with van der Waals surface area (Å²) in [5.41, 5.74) is 13.5. The molecule has 0 saturated heterocycles. The molecule has 0 aliphatic heterocycles. The van der Waals surface area contributed by atoms with Crippen molar-refractivity contribution >= 4 is 11.4 Å². The van der Waals surface area contributed by atoms with E-state index in [-0.39, 0.29) is 26.2 Å². The molecule has 4 heteroatoms. The molecule has 0 saturated carbocycles. The van der Waals surface area contributed by atoms with Crippen LogP contribution < -0.4 is 16.0 Å². The van der Waals surface area contributed by atoms with Crippen LogP contribution in [0.4, 0.5) is 11.4 Å². The molecule has 40 heavy (non-hydrogen) atoms. The zero-order valence-corrected chi connectivity index (χ0v) is 27.8. The summed E-state index contributed by atoms with van der Waals surface area (Å²) >= 11 is 0. The van der Waals surface area contributed by atoms with E-state index in [9.17, 15) is 0 Å². The van der Waals surface area contributed by atoms with E-state index in [4.69, 9.17) is 0 Å². The standard InChI is InChI=1S/C22H33N3.C14H14.Zr/c1-15-7-9-21(19(5)17(15)3)24-13-11-23-12-14-25-22-10-8-16(2)18(4)20(22)6;1-3-7-13(8-4-1)11-12-14-9-5-2-6-10-14;/h7-10,23-25H,11-14H2,1-6H3;1-10H,11-12H2;. The van der Waals surface area contributed by atoms with E-state index in [1.54, 1.807) is 0 Å².